The van der Waals surface area contributed by atoms with Crippen molar-refractivity contribution in [3.63, 3.8) is 0 Å². The number of benzene rings is 2. The monoisotopic (exact) mass is 645 g/mol. The second kappa shape index (κ2) is 13.8. The van der Waals surface area contributed by atoms with Crippen molar-refractivity contribution in [3.05, 3.63) is 54.4 Å². The lowest BCUT2D eigenvalue weighted by Crippen LogP contribution is -2.56. The van der Waals surface area contributed by atoms with E-state index in [2.05, 4.69) is 47.5 Å². The first-order valence-electron chi connectivity index (χ1n) is 16.3. The molecule has 4 saturated heterocycles. The molecule has 3 atom stereocenters. The van der Waals surface area contributed by atoms with Gasteiger partial charge in [0.25, 0.3) is 0 Å². The second-order valence-electron chi connectivity index (χ2n) is 12.4. The summed E-state index contributed by atoms with van der Waals surface area (Å²) in [6.07, 6.45) is 0.448. The molecule has 14 heteroatoms. The van der Waals surface area contributed by atoms with Crippen LogP contribution in [0.3, 0.4) is 0 Å². The molecule has 1 unspecified atom stereocenters. The Kier molecular flexibility index (Phi) is 9.14. The first-order valence-corrected chi connectivity index (χ1v) is 16.3. The SMILES string of the molecule is NCc1cc(-c2ncnc(Nc3ccc(N4CCN(C5COC5)CC4)cc3)n2)ccc1OC1CCN(C(=O)[C@H]2CCC(=O)N2)C[C@H]1F. The van der Waals surface area contributed by atoms with E-state index in [1.54, 1.807) is 6.07 Å². The summed E-state index contributed by atoms with van der Waals surface area (Å²) in [5.41, 5.74) is 9.53. The van der Waals surface area contributed by atoms with Gasteiger partial charge in [0.15, 0.2) is 12.0 Å². The number of piperidine rings is 1. The second-order valence-corrected chi connectivity index (χ2v) is 12.4. The fraction of sp³-hybridized carbons (Fsp3) is 0.485. The molecule has 2 amide bonds. The molecule has 4 N–H and O–H groups in total. The zero-order valence-corrected chi connectivity index (χ0v) is 26.2. The molecule has 1 aromatic heterocycles. The zero-order valence-electron chi connectivity index (χ0n) is 26.2. The summed E-state index contributed by atoms with van der Waals surface area (Å²) >= 11 is 0. The van der Waals surface area contributed by atoms with E-state index in [0.717, 1.165) is 50.6 Å². The molecule has 0 bridgehead atoms. The van der Waals surface area contributed by atoms with Crippen LogP contribution < -0.4 is 26.0 Å². The van der Waals surface area contributed by atoms with Crippen molar-refractivity contribution in [2.24, 2.45) is 5.73 Å². The zero-order chi connectivity index (χ0) is 32.3. The number of nitrogens with one attached hydrogen (secondary N) is 2. The summed E-state index contributed by atoms with van der Waals surface area (Å²) in [5.74, 6) is 0.970. The van der Waals surface area contributed by atoms with E-state index in [1.165, 1.54) is 16.9 Å². The van der Waals surface area contributed by atoms with Gasteiger partial charge in [-0.05, 0) is 48.9 Å². The molecule has 0 radical (unpaired) electrons. The quantitative estimate of drug-likeness (QED) is 0.313. The molecule has 7 rings (SSSR count). The van der Waals surface area contributed by atoms with Crippen LogP contribution in [-0.2, 0) is 20.9 Å². The molecule has 4 aliphatic rings. The summed E-state index contributed by atoms with van der Waals surface area (Å²) < 4.78 is 26.6. The number of alkyl halides is 1. The average molecular weight is 646 g/mol. The Bertz CT molecular complexity index is 1580. The Labute approximate surface area is 272 Å². The lowest BCUT2D eigenvalue weighted by molar-refractivity contribution is -0.138. The number of aromatic nitrogens is 3. The van der Waals surface area contributed by atoms with E-state index in [1.807, 2.05) is 24.3 Å². The molecule has 4 aliphatic heterocycles. The molecule has 47 heavy (non-hydrogen) atoms. The molecule has 0 spiro atoms. The Balaban J connectivity index is 0.954. The van der Waals surface area contributed by atoms with Crippen LogP contribution in [0.1, 0.15) is 24.8 Å². The number of hydrogen-bond acceptors (Lipinski definition) is 11. The molecule has 3 aromatic rings. The van der Waals surface area contributed by atoms with Crippen molar-refractivity contribution >= 4 is 29.1 Å². The molecule has 5 heterocycles. The van der Waals surface area contributed by atoms with Gasteiger partial charge in [-0.15, -0.1) is 0 Å². The van der Waals surface area contributed by atoms with Crippen molar-refractivity contribution in [2.45, 2.75) is 50.2 Å². The van der Waals surface area contributed by atoms with Crippen molar-refractivity contribution in [2.75, 3.05) is 62.7 Å². The van der Waals surface area contributed by atoms with Crippen molar-refractivity contribution in [3.8, 4) is 17.1 Å². The fourth-order valence-corrected chi connectivity index (χ4v) is 6.55. The van der Waals surface area contributed by atoms with E-state index < -0.39 is 18.3 Å². The van der Waals surface area contributed by atoms with Crippen LogP contribution in [0.4, 0.5) is 21.7 Å². The van der Waals surface area contributed by atoms with Crippen LogP contribution in [0.2, 0.25) is 0 Å². The molecule has 0 saturated carbocycles. The van der Waals surface area contributed by atoms with Gasteiger partial charge in [-0.25, -0.2) is 14.4 Å². The lowest BCUT2D eigenvalue weighted by atomic mass is 10.0. The summed E-state index contributed by atoms with van der Waals surface area (Å²) in [7, 11) is 0. The molecule has 2 aromatic carbocycles. The molecule has 4 fully saturated rings. The predicted octanol–water partition coefficient (Wildman–Crippen LogP) is 1.86. The van der Waals surface area contributed by atoms with Crippen LogP contribution in [0, 0.1) is 0 Å². The summed E-state index contributed by atoms with van der Waals surface area (Å²) in [6, 6.07) is 13.7. The van der Waals surface area contributed by atoms with Gasteiger partial charge in [0.1, 0.15) is 24.2 Å². The minimum Gasteiger partial charge on any atom is -0.487 e. The number of halogens is 1. The maximum Gasteiger partial charge on any atom is 0.245 e. The third-order valence-electron chi connectivity index (χ3n) is 9.42. The number of ether oxygens (including phenoxy) is 2. The highest BCUT2D eigenvalue weighted by Crippen LogP contribution is 2.29. The van der Waals surface area contributed by atoms with Crippen LogP contribution in [0.5, 0.6) is 5.75 Å². The molecule has 248 valence electrons. The van der Waals surface area contributed by atoms with Crippen LogP contribution in [0.15, 0.2) is 48.8 Å². The van der Waals surface area contributed by atoms with Gasteiger partial charge in [0.2, 0.25) is 17.8 Å². The Morgan fingerprint density at radius 3 is 2.55 bits per heavy atom. The van der Waals surface area contributed by atoms with E-state index in [9.17, 15) is 9.59 Å². The van der Waals surface area contributed by atoms with Crippen LogP contribution >= 0.6 is 0 Å². The van der Waals surface area contributed by atoms with Gasteiger partial charge < -0.3 is 35.6 Å². The van der Waals surface area contributed by atoms with Gasteiger partial charge in [-0.1, -0.05) is 0 Å². The maximum atomic E-state index is 15.2. The number of hydrogen-bond donors (Lipinski definition) is 3. The largest absolute Gasteiger partial charge is 0.487 e. The third-order valence-corrected chi connectivity index (χ3v) is 9.42. The van der Waals surface area contributed by atoms with Crippen molar-refractivity contribution in [1.29, 1.82) is 0 Å². The summed E-state index contributed by atoms with van der Waals surface area (Å²) in [4.78, 5) is 43.9. The molecule has 13 nitrogen and oxygen atoms in total. The van der Waals surface area contributed by atoms with Gasteiger partial charge >= 0.3 is 0 Å². The number of carbonyl (C=O) groups is 2. The first kappa shape index (κ1) is 31.2. The Hall–Kier alpha value is -4.40. The predicted molar refractivity (Wildman–Crippen MR) is 173 cm³/mol. The molecule has 0 aliphatic carbocycles. The molecular formula is C33H40FN9O4. The fourth-order valence-electron chi connectivity index (χ4n) is 6.55. The standard InChI is InChI=1S/C33H40FN9O4/c34-26-17-43(32(45)27-6-8-30(44)39-27)10-9-29(26)47-28-7-1-21(15-22(28)16-35)31-36-20-37-33(40-31)38-23-2-4-24(5-3-23)41-11-13-42(14-12-41)25-18-46-19-25/h1-5,7,15,20,25-27,29H,6,8-14,16-19,35H2,(H,39,44)(H,36,37,38,40)/t26-,27-,29?/m1/s1. The highest BCUT2D eigenvalue weighted by atomic mass is 19.1. The minimum absolute atomic E-state index is 0.0805. The lowest BCUT2D eigenvalue weighted by Gasteiger charge is -2.43. The third kappa shape index (κ3) is 6.99. The highest BCUT2D eigenvalue weighted by Gasteiger charge is 2.37. The number of piperazine rings is 1. The number of rotatable bonds is 9. The number of nitrogens with two attached hydrogens (primary N) is 1. The van der Waals surface area contributed by atoms with E-state index in [4.69, 9.17) is 15.2 Å². The first-order chi connectivity index (χ1) is 22.9. The average Bonchev–Trinajstić information content (AvgIpc) is 3.51. The number of amides is 2. The van der Waals surface area contributed by atoms with Crippen molar-refractivity contribution < 1.29 is 23.5 Å². The Morgan fingerprint density at radius 1 is 1.06 bits per heavy atom. The highest BCUT2D eigenvalue weighted by molar-refractivity contribution is 5.90. The summed E-state index contributed by atoms with van der Waals surface area (Å²) in [6.45, 7) is 6.21. The van der Waals surface area contributed by atoms with Crippen LogP contribution in [0.25, 0.3) is 11.4 Å². The van der Waals surface area contributed by atoms with Gasteiger partial charge in [0, 0.05) is 74.6 Å². The van der Waals surface area contributed by atoms with E-state index in [0.29, 0.717) is 54.9 Å². The van der Waals surface area contributed by atoms with Gasteiger partial charge in [0.05, 0.1) is 25.8 Å². The number of carbonyl (C=O) groups excluding carboxylic acids is 2. The van der Waals surface area contributed by atoms with Gasteiger partial charge in [-0.3, -0.25) is 14.5 Å². The summed E-state index contributed by atoms with van der Waals surface area (Å²) in [5, 5.41) is 5.93. The van der Waals surface area contributed by atoms with E-state index in [-0.39, 0.29) is 24.9 Å². The Morgan fingerprint density at radius 2 is 1.87 bits per heavy atom. The number of nitrogens with zero attached hydrogens (tertiary/aromatic N) is 6. The smallest absolute Gasteiger partial charge is 0.245 e. The normalized spacial score (nSPS) is 23.7. The van der Waals surface area contributed by atoms with Crippen molar-refractivity contribution in [1.82, 2.24) is 30.1 Å². The minimum atomic E-state index is -1.38. The van der Waals surface area contributed by atoms with Crippen LogP contribution in [-0.4, -0.2) is 113 Å². The molecular weight excluding hydrogens is 605 g/mol. The topological polar surface area (TPSA) is 151 Å². The number of likely N-dealkylation sites (tertiary alicyclic amines) is 1. The maximum absolute atomic E-state index is 15.2. The number of anilines is 3. The van der Waals surface area contributed by atoms with Gasteiger partial charge in [-0.2, -0.15) is 4.98 Å². The van der Waals surface area contributed by atoms with E-state index >= 15 is 4.39 Å².